The van der Waals surface area contributed by atoms with Crippen LogP contribution < -0.4 is 5.32 Å². The van der Waals surface area contributed by atoms with E-state index in [4.69, 9.17) is 34.8 Å². The van der Waals surface area contributed by atoms with E-state index in [9.17, 15) is 0 Å². The predicted octanol–water partition coefficient (Wildman–Crippen LogP) is 7.34. The van der Waals surface area contributed by atoms with E-state index in [1.165, 1.54) is 0 Å². The second kappa shape index (κ2) is 6.89. The monoisotopic (exact) mass is 455 g/mol. The third kappa shape index (κ3) is 3.45. The van der Waals surface area contributed by atoms with Gasteiger partial charge in [0.05, 0.1) is 26.8 Å². The van der Waals surface area contributed by atoms with Crippen LogP contribution in [0.2, 0.25) is 15.1 Å². The Morgan fingerprint density at radius 1 is 0.950 bits per heavy atom. The van der Waals surface area contributed by atoms with Gasteiger partial charge >= 0.3 is 0 Å². The molecule has 1 unspecified atom stereocenters. The largest absolute Gasteiger partial charge is 0.377 e. The molecule has 6 heteroatoms. The molecule has 1 nitrogen and oxygen atoms in total. The van der Waals surface area contributed by atoms with Gasteiger partial charge in [-0.05, 0) is 62.5 Å². The van der Waals surface area contributed by atoms with E-state index in [0.717, 1.165) is 20.2 Å². The molecule has 0 amide bonds. The lowest BCUT2D eigenvalue weighted by Gasteiger charge is -2.20. The maximum absolute atomic E-state index is 6.26. The SMILES string of the molecule is CC(Nc1c(Br)cccc1Br)c1ccc(Cl)c(Cl)c1Cl. The lowest BCUT2D eigenvalue weighted by atomic mass is 10.1. The van der Waals surface area contributed by atoms with Crippen LogP contribution in [0.3, 0.4) is 0 Å². The quantitative estimate of drug-likeness (QED) is 0.475. The first kappa shape index (κ1) is 16.4. The highest BCUT2D eigenvalue weighted by Crippen LogP contribution is 2.38. The highest BCUT2D eigenvalue weighted by atomic mass is 79.9. The fraction of sp³-hybridized carbons (Fsp3) is 0.143. The van der Waals surface area contributed by atoms with Crippen LogP contribution in [0.15, 0.2) is 39.3 Å². The molecule has 2 rings (SSSR count). The molecular weight excluding hydrogens is 448 g/mol. The van der Waals surface area contributed by atoms with Crippen LogP contribution in [-0.4, -0.2) is 0 Å². The van der Waals surface area contributed by atoms with E-state index in [0.29, 0.717) is 15.1 Å². The second-order valence-electron chi connectivity index (χ2n) is 4.23. The van der Waals surface area contributed by atoms with Crippen molar-refractivity contribution in [3.05, 3.63) is 59.9 Å². The first-order chi connectivity index (χ1) is 9.41. The third-order valence-corrected chi connectivity index (χ3v) is 5.49. The number of benzene rings is 2. The van der Waals surface area contributed by atoms with E-state index in [-0.39, 0.29) is 6.04 Å². The molecule has 0 aliphatic rings. The lowest BCUT2D eigenvalue weighted by Crippen LogP contribution is -2.08. The molecule has 0 fully saturated rings. The average molecular weight is 458 g/mol. The molecule has 0 spiro atoms. The van der Waals surface area contributed by atoms with E-state index < -0.39 is 0 Å². The molecule has 0 aromatic heterocycles. The van der Waals surface area contributed by atoms with Crippen molar-refractivity contribution in [2.24, 2.45) is 0 Å². The van der Waals surface area contributed by atoms with Gasteiger partial charge in [0.15, 0.2) is 0 Å². The molecule has 1 atom stereocenters. The molecule has 0 saturated heterocycles. The summed E-state index contributed by atoms with van der Waals surface area (Å²) in [5, 5.41) is 4.71. The van der Waals surface area contributed by atoms with E-state index in [1.54, 1.807) is 6.07 Å². The lowest BCUT2D eigenvalue weighted by molar-refractivity contribution is 0.883. The highest BCUT2D eigenvalue weighted by Gasteiger charge is 2.16. The smallest absolute Gasteiger partial charge is 0.0782 e. The zero-order valence-electron chi connectivity index (χ0n) is 10.4. The van der Waals surface area contributed by atoms with Crippen molar-refractivity contribution in [2.75, 3.05) is 5.32 Å². The molecule has 2 aromatic carbocycles. The Balaban J connectivity index is 2.34. The number of hydrogen-bond acceptors (Lipinski definition) is 1. The van der Waals surface area contributed by atoms with Gasteiger partial charge in [-0.2, -0.15) is 0 Å². The van der Waals surface area contributed by atoms with Crippen LogP contribution in [0.5, 0.6) is 0 Å². The van der Waals surface area contributed by atoms with E-state index >= 15 is 0 Å². The molecule has 0 saturated carbocycles. The molecule has 0 aliphatic heterocycles. The van der Waals surface area contributed by atoms with Crippen LogP contribution in [0.4, 0.5) is 5.69 Å². The summed E-state index contributed by atoms with van der Waals surface area (Å²) in [6, 6.07) is 9.49. The number of hydrogen-bond donors (Lipinski definition) is 1. The first-order valence-corrected chi connectivity index (χ1v) is 8.47. The first-order valence-electron chi connectivity index (χ1n) is 5.75. The maximum atomic E-state index is 6.26. The molecule has 0 radical (unpaired) electrons. The predicted molar refractivity (Wildman–Crippen MR) is 95.4 cm³/mol. The summed E-state index contributed by atoms with van der Waals surface area (Å²) in [7, 11) is 0. The minimum absolute atomic E-state index is 0.0210. The van der Waals surface area contributed by atoms with Crippen LogP contribution in [0.1, 0.15) is 18.5 Å². The Kier molecular flexibility index (Phi) is 5.66. The molecule has 0 aliphatic carbocycles. The number of nitrogens with one attached hydrogen (secondary N) is 1. The van der Waals surface area contributed by atoms with Gasteiger partial charge in [-0.1, -0.05) is 46.9 Å². The van der Waals surface area contributed by atoms with Gasteiger partial charge in [-0.15, -0.1) is 0 Å². The fourth-order valence-electron chi connectivity index (χ4n) is 1.81. The second-order valence-corrected chi connectivity index (χ2v) is 7.10. The molecule has 20 heavy (non-hydrogen) atoms. The Hall–Kier alpha value is 0.0700. The van der Waals surface area contributed by atoms with Crippen molar-refractivity contribution in [1.82, 2.24) is 0 Å². The number of rotatable bonds is 3. The Bertz CT molecular complexity index is 626. The minimum Gasteiger partial charge on any atom is -0.377 e. The Labute approximate surface area is 149 Å². The molecule has 0 heterocycles. The zero-order valence-corrected chi connectivity index (χ0v) is 15.8. The van der Waals surface area contributed by atoms with Crippen LogP contribution >= 0.6 is 66.7 Å². The molecule has 2 aromatic rings. The van der Waals surface area contributed by atoms with Gasteiger partial charge in [0.25, 0.3) is 0 Å². The summed E-state index contributed by atoms with van der Waals surface area (Å²) in [4.78, 5) is 0. The Morgan fingerprint density at radius 3 is 2.15 bits per heavy atom. The van der Waals surface area contributed by atoms with Gasteiger partial charge in [0, 0.05) is 8.95 Å². The van der Waals surface area contributed by atoms with Gasteiger partial charge in [-0.3, -0.25) is 0 Å². The van der Waals surface area contributed by atoms with Crippen molar-refractivity contribution in [1.29, 1.82) is 0 Å². The normalized spacial score (nSPS) is 12.3. The summed E-state index contributed by atoms with van der Waals surface area (Å²) in [5.74, 6) is 0. The van der Waals surface area contributed by atoms with Crippen molar-refractivity contribution in [3.8, 4) is 0 Å². The number of para-hydroxylation sites is 1. The van der Waals surface area contributed by atoms with Crippen molar-refractivity contribution < 1.29 is 0 Å². The summed E-state index contributed by atoms with van der Waals surface area (Å²) in [5.41, 5.74) is 1.85. The van der Waals surface area contributed by atoms with Crippen molar-refractivity contribution in [2.45, 2.75) is 13.0 Å². The van der Waals surface area contributed by atoms with Gasteiger partial charge < -0.3 is 5.32 Å². The van der Waals surface area contributed by atoms with E-state index in [1.807, 2.05) is 31.2 Å². The van der Waals surface area contributed by atoms with E-state index in [2.05, 4.69) is 37.2 Å². The van der Waals surface area contributed by atoms with Gasteiger partial charge in [-0.25, -0.2) is 0 Å². The minimum atomic E-state index is -0.0210. The van der Waals surface area contributed by atoms with Gasteiger partial charge in [0.1, 0.15) is 0 Å². The van der Waals surface area contributed by atoms with Crippen LogP contribution in [0, 0.1) is 0 Å². The average Bonchev–Trinajstić information content (AvgIpc) is 2.40. The third-order valence-electron chi connectivity index (χ3n) is 2.86. The maximum Gasteiger partial charge on any atom is 0.0782 e. The topological polar surface area (TPSA) is 12.0 Å². The standard InChI is InChI=1S/C14H10Br2Cl3N/c1-7(8-5-6-11(17)13(19)12(8)18)20-14-9(15)3-2-4-10(14)16/h2-7,20H,1H3. The fourth-order valence-corrected chi connectivity index (χ4v) is 3.74. The molecule has 0 bridgehead atoms. The highest BCUT2D eigenvalue weighted by molar-refractivity contribution is 9.11. The molecule has 1 N–H and O–H groups in total. The van der Waals surface area contributed by atoms with Crippen molar-refractivity contribution >= 4 is 72.4 Å². The number of halogens is 5. The summed E-state index contributed by atoms with van der Waals surface area (Å²) in [6.07, 6.45) is 0. The van der Waals surface area contributed by atoms with Crippen LogP contribution in [0.25, 0.3) is 0 Å². The molecular formula is C14H10Br2Cl3N. The summed E-state index contributed by atoms with van der Waals surface area (Å²) >= 11 is 25.3. The summed E-state index contributed by atoms with van der Waals surface area (Å²) in [6.45, 7) is 2.01. The van der Waals surface area contributed by atoms with Crippen LogP contribution in [-0.2, 0) is 0 Å². The summed E-state index contributed by atoms with van der Waals surface area (Å²) < 4.78 is 1.94. The molecule has 106 valence electrons. The van der Waals surface area contributed by atoms with Crippen molar-refractivity contribution in [3.63, 3.8) is 0 Å². The Morgan fingerprint density at radius 2 is 1.55 bits per heavy atom. The van der Waals surface area contributed by atoms with Gasteiger partial charge in [0.2, 0.25) is 0 Å². The number of anilines is 1. The zero-order chi connectivity index (χ0) is 14.9.